The van der Waals surface area contributed by atoms with Gasteiger partial charge in [0.2, 0.25) is 0 Å². The number of oxazole rings is 1. The molecule has 1 aliphatic heterocycles. The highest BCUT2D eigenvalue weighted by atomic mass is 19.1. The lowest BCUT2D eigenvalue weighted by molar-refractivity contribution is 0.0905. The molecule has 8 nitrogen and oxygen atoms in total. The van der Waals surface area contributed by atoms with Crippen molar-refractivity contribution in [2.75, 3.05) is 60.0 Å². The van der Waals surface area contributed by atoms with Crippen molar-refractivity contribution in [2.24, 2.45) is 0 Å². The van der Waals surface area contributed by atoms with Crippen molar-refractivity contribution in [1.29, 1.82) is 0 Å². The molecule has 0 radical (unpaired) electrons. The second-order valence-electron chi connectivity index (χ2n) is 8.01. The van der Waals surface area contributed by atoms with Crippen LogP contribution in [0.15, 0.2) is 40.8 Å². The molecule has 3 aromatic rings. The number of hydrogen-bond donors (Lipinski definition) is 1. The number of carbonyl (C=O) groups is 1. The third kappa shape index (κ3) is 5.80. The van der Waals surface area contributed by atoms with Crippen molar-refractivity contribution in [3.8, 4) is 11.5 Å². The fourth-order valence-corrected chi connectivity index (χ4v) is 3.96. The Labute approximate surface area is 192 Å². The molecule has 4 rings (SSSR count). The zero-order valence-electron chi connectivity index (χ0n) is 19.0. The summed E-state index contributed by atoms with van der Waals surface area (Å²) in [4.78, 5) is 21.1. The molecule has 2 heterocycles. The molecule has 1 saturated heterocycles. The molecule has 0 atom stereocenters. The van der Waals surface area contributed by atoms with E-state index in [9.17, 15) is 9.18 Å². The van der Waals surface area contributed by atoms with Crippen molar-refractivity contribution in [2.45, 2.75) is 6.42 Å². The average Bonchev–Trinajstić information content (AvgIpc) is 3.26. The van der Waals surface area contributed by atoms with E-state index in [1.807, 2.05) is 12.1 Å². The molecule has 0 unspecified atom stereocenters. The predicted molar refractivity (Wildman–Crippen MR) is 122 cm³/mol. The maximum atomic E-state index is 13.3. The van der Waals surface area contributed by atoms with E-state index in [1.54, 1.807) is 14.2 Å². The second-order valence-corrected chi connectivity index (χ2v) is 8.01. The molecule has 1 fully saturated rings. The molecular formula is C24H29FN4O4. The monoisotopic (exact) mass is 456 g/mol. The molecule has 1 aromatic heterocycles. The van der Waals surface area contributed by atoms with Gasteiger partial charge in [0.25, 0.3) is 5.89 Å². The minimum atomic E-state index is -0.411. The first-order chi connectivity index (χ1) is 16.1. The van der Waals surface area contributed by atoms with E-state index in [0.717, 1.165) is 57.2 Å². The summed E-state index contributed by atoms with van der Waals surface area (Å²) in [5.74, 6) is 0.653. The minimum absolute atomic E-state index is 0.0458. The second kappa shape index (κ2) is 10.6. The first kappa shape index (κ1) is 23.0. The van der Waals surface area contributed by atoms with E-state index in [-0.39, 0.29) is 11.8 Å². The molecule has 0 spiro atoms. The van der Waals surface area contributed by atoms with E-state index in [1.165, 1.54) is 23.8 Å². The molecule has 9 heteroatoms. The number of fused-ring (bicyclic) bond motifs is 1. The van der Waals surface area contributed by atoms with Crippen LogP contribution in [-0.4, -0.2) is 80.7 Å². The summed E-state index contributed by atoms with van der Waals surface area (Å²) >= 11 is 0. The van der Waals surface area contributed by atoms with Gasteiger partial charge in [-0.3, -0.25) is 9.69 Å². The van der Waals surface area contributed by atoms with E-state index in [0.29, 0.717) is 17.6 Å². The van der Waals surface area contributed by atoms with Crippen LogP contribution < -0.4 is 14.8 Å². The summed E-state index contributed by atoms with van der Waals surface area (Å²) in [5, 5.41) is 2.83. The summed E-state index contributed by atoms with van der Waals surface area (Å²) in [6.07, 6.45) is 0.949. The van der Waals surface area contributed by atoms with E-state index < -0.39 is 5.82 Å². The highest BCUT2D eigenvalue weighted by molar-refractivity contribution is 5.92. The molecular weight excluding hydrogens is 427 g/mol. The lowest BCUT2D eigenvalue weighted by Crippen LogP contribution is -2.48. The molecule has 1 N–H and O–H groups in total. The quantitative estimate of drug-likeness (QED) is 0.530. The first-order valence-corrected chi connectivity index (χ1v) is 11.1. The summed E-state index contributed by atoms with van der Waals surface area (Å²) < 4.78 is 29.4. The Bertz CT molecular complexity index is 1100. The Balaban J connectivity index is 1.17. The third-order valence-electron chi connectivity index (χ3n) is 5.89. The van der Waals surface area contributed by atoms with Crippen molar-refractivity contribution in [3.63, 3.8) is 0 Å². The van der Waals surface area contributed by atoms with Crippen LogP contribution in [0.2, 0.25) is 0 Å². The Hall–Kier alpha value is -3.17. The summed E-state index contributed by atoms with van der Waals surface area (Å²) in [5.41, 5.74) is 1.95. The number of piperazine rings is 1. The third-order valence-corrected chi connectivity index (χ3v) is 5.89. The summed E-state index contributed by atoms with van der Waals surface area (Å²) in [6, 6.07) is 10.1. The number of amides is 1. The molecule has 2 aromatic carbocycles. The first-order valence-electron chi connectivity index (χ1n) is 11.1. The Morgan fingerprint density at radius 3 is 2.48 bits per heavy atom. The molecule has 0 saturated carbocycles. The number of nitrogens with one attached hydrogen (secondary N) is 1. The number of benzene rings is 2. The number of aromatic nitrogens is 1. The van der Waals surface area contributed by atoms with Crippen LogP contribution in [-0.2, 0) is 6.42 Å². The fraction of sp³-hybridized carbons (Fsp3) is 0.417. The van der Waals surface area contributed by atoms with Gasteiger partial charge >= 0.3 is 5.91 Å². The van der Waals surface area contributed by atoms with Gasteiger partial charge < -0.3 is 24.1 Å². The predicted octanol–water partition coefficient (Wildman–Crippen LogP) is 2.57. The van der Waals surface area contributed by atoms with Crippen LogP contribution in [0.4, 0.5) is 4.39 Å². The van der Waals surface area contributed by atoms with Crippen molar-refractivity contribution >= 4 is 17.0 Å². The van der Waals surface area contributed by atoms with Gasteiger partial charge in [-0.2, -0.15) is 0 Å². The van der Waals surface area contributed by atoms with Crippen LogP contribution in [0.25, 0.3) is 11.1 Å². The van der Waals surface area contributed by atoms with Gasteiger partial charge in [0, 0.05) is 51.9 Å². The topological polar surface area (TPSA) is 80.1 Å². The van der Waals surface area contributed by atoms with Crippen LogP contribution in [0.5, 0.6) is 11.5 Å². The molecule has 0 aliphatic carbocycles. The summed E-state index contributed by atoms with van der Waals surface area (Å²) in [6.45, 7) is 6.10. The van der Waals surface area contributed by atoms with Gasteiger partial charge in [-0.05, 0) is 36.2 Å². The van der Waals surface area contributed by atoms with Gasteiger partial charge in [0.15, 0.2) is 17.1 Å². The zero-order valence-corrected chi connectivity index (χ0v) is 19.0. The molecule has 0 bridgehead atoms. The number of rotatable bonds is 9. The van der Waals surface area contributed by atoms with E-state index in [2.05, 4.69) is 26.2 Å². The molecule has 1 amide bonds. The molecule has 1 aliphatic rings. The highest BCUT2D eigenvalue weighted by Crippen LogP contribution is 2.27. The van der Waals surface area contributed by atoms with Crippen LogP contribution >= 0.6 is 0 Å². The number of methoxy groups -OCH3 is 2. The fourth-order valence-electron chi connectivity index (χ4n) is 3.96. The lowest BCUT2D eigenvalue weighted by atomic mass is 10.1. The van der Waals surface area contributed by atoms with Crippen LogP contribution in [0.3, 0.4) is 0 Å². The van der Waals surface area contributed by atoms with E-state index >= 15 is 0 Å². The Morgan fingerprint density at radius 1 is 1.03 bits per heavy atom. The van der Waals surface area contributed by atoms with Gasteiger partial charge in [0.05, 0.1) is 14.2 Å². The maximum Gasteiger partial charge on any atom is 0.307 e. The van der Waals surface area contributed by atoms with E-state index in [4.69, 9.17) is 13.9 Å². The molecule has 33 heavy (non-hydrogen) atoms. The number of carbonyl (C=O) groups excluding carboxylic acids is 1. The van der Waals surface area contributed by atoms with Crippen LogP contribution in [0, 0.1) is 5.82 Å². The van der Waals surface area contributed by atoms with Gasteiger partial charge in [-0.1, -0.05) is 6.07 Å². The lowest BCUT2D eigenvalue weighted by Gasteiger charge is -2.34. The highest BCUT2D eigenvalue weighted by Gasteiger charge is 2.18. The number of halogens is 1. The number of hydrogen-bond acceptors (Lipinski definition) is 7. The maximum absolute atomic E-state index is 13.3. The van der Waals surface area contributed by atoms with Crippen LogP contribution in [0.1, 0.15) is 16.2 Å². The SMILES string of the molecule is COc1ccc(CCN2CCN(CCNC(=O)c3nc4cc(F)ccc4o3)CC2)cc1OC. The largest absolute Gasteiger partial charge is 0.493 e. The van der Waals surface area contributed by atoms with Crippen molar-refractivity contribution in [3.05, 3.63) is 53.7 Å². The Morgan fingerprint density at radius 2 is 1.76 bits per heavy atom. The van der Waals surface area contributed by atoms with Gasteiger partial charge in [0.1, 0.15) is 11.3 Å². The standard InChI is InChI=1S/C24H29FN4O4/c1-31-21-5-3-17(15-22(21)32-2)7-9-28-11-13-29(14-12-28)10-8-26-23(30)24-27-19-16-18(25)4-6-20(19)33-24/h3-6,15-16H,7-14H2,1-2H3,(H,26,30). The zero-order chi connectivity index (χ0) is 23.2. The van der Waals surface area contributed by atoms with Crippen molar-refractivity contribution in [1.82, 2.24) is 20.1 Å². The van der Waals surface area contributed by atoms with Gasteiger partial charge in [-0.15, -0.1) is 0 Å². The number of ether oxygens (including phenoxy) is 2. The van der Waals surface area contributed by atoms with Crippen molar-refractivity contribution < 1.29 is 23.1 Å². The molecule has 176 valence electrons. The smallest absolute Gasteiger partial charge is 0.307 e. The normalized spacial score (nSPS) is 15.0. The Kier molecular flexibility index (Phi) is 7.41. The summed E-state index contributed by atoms with van der Waals surface area (Å²) in [7, 11) is 3.29. The van der Waals surface area contributed by atoms with Gasteiger partial charge in [-0.25, -0.2) is 9.37 Å². The average molecular weight is 457 g/mol. The minimum Gasteiger partial charge on any atom is -0.493 e. The number of nitrogens with zero attached hydrogens (tertiary/aromatic N) is 3.